The standard InChI is InChI=1S/C26H36N4O5/c1-26(2,3)18-10-12-29(13-11-18)25(35)23(33)28-15-17-7-5-8-19-20(17)16-30(24(19)34)21(9-6-14-31)22(32)27-4/h5,7-8,14,18,21H,6,9-13,15-16H2,1-4H3,(H,27,32)(H,28,33). The van der Waals surface area contributed by atoms with Gasteiger partial charge < -0.3 is 25.2 Å². The summed E-state index contributed by atoms with van der Waals surface area (Å²) in [4.78, 5) is 64.6. The molecule has 0 radical (unpaired) electrons. The van der Waals surface area contributed by atoms with Crippen LogP contribution in [0.1, 0.15) is 67.9 Å². The summed E-state index contributed by atoms with van der Waals surface area (Å²) >= 11 is 0. The van der Waals surface area contributed by atoms with Crippen LogP contribution in [0.4, 0.5) is 0 Å². The highest BCUT2D eigenvalue weighted by Crippen LogP contribution is 2.34. The van der Waals surface area contributed by atoms with Crippen LogP contribution < -0.4 is 10.6 Å². The molecule has 2 aliphatic heterocycles. The zero-order valence-corrected chi connectivity index (χ0v) is 21.1. The first-order chi connectivity index (χ1) is 16.6. The van der Waals surface area contributed by atoms with Gasteiger partial charge in [0.05, 0.1) is 0 Å². The van der Waals surface area contributed by atoms with E-state index in [1.807, 2.05) is 0 Å². The van der Waals surface area contributed by atoms with Crippen molar-refractivity contribution in [3.63, 3.8) is 0 Å². The van der Waals surface area contributed by atoms with Gasteiger partial charge in [-0.05, 0) is 47.8 Å². The van der Waals surface area contributed by atoms with E-state index in [4.69, 9.17) is 0 Å². The molecule has 0 spiro atoms. The molecular formula is C26H36N4O5. The van der Waals surface area contributed by atoms with Crippen LogP contribution in [0.5, 0.6) is 0 Å². The second kappa shape index (κ2) is 11.0. The smallest absolute Gasteiger partial charge is 0.311 e. The number of hydrogen-bond acceptors (Lipinski definition) is 5. The number of carbonyl (C=O) groups excluding carboxylic acids is 5. The lowest BCUT2D eigenvalue weighted by Gasteiger charge is -2.38. The van der Waals surface area contributed by atoms with Gasteiger partial charge in [0.1, 0.15) is 12.3 Å². The number of benzene rings is 1. The van der Waals surface area contributed by atoms with Crippen LogP contribution in [0.2, 0.25) is 0 Å². The van der Waals surface area contributed by atoms with Crippen molar-refractivity contribution >= 4 is 29.9 Å². The van der Waals surface area contributed by atoms with Crippen molar-refractivity contribution in [2.24, 2.45) is 11.3 Å². The minimum atomic E-state index is -0.759. The Bertz CT molecular complexity index is 992. The number of likely N-dealkylation sites (tertiary alicyclic amines) is 1. The summed E-state index contributed by atoms with van der Waals surface area (Å²) in [7, 11) is 1.49. The molecule has 2 heterocycles. The van der Waals surface area contributed by atoms with Crippen molar-refractivity contribution < 1.29 is 24.0 Å². The summed E-state index contributed by atoms with van der Waals surface area (Å²) in [5.74, 6) is -1.29. The van der Waals surface area contributed by atoms with Gasteiger partial charge in [0, 0.05) is 45.2 Å². The van der Waals surface area contributed by atoms with Crippen LogP contribution in [0, 0.1) is 11.3 Å². The van der Waals surface area contributed by atoms with Crippen LogP contribution in [-0.4, -0.2) is 65.9 Å². The Morgan fingerprint density at radius 3 is 2.46 bits per heavy atom. The van der Waals surface area contributed by atoms with Gasteiger partial charge in [0.2, 0.25) is 5.91 Å². The molecule has 2 aliphatic rings. The van der Waals surface area contributed by atoms with E-state index < -0.39 is 17.9 Å². The van der Waals surface area contributed by atoms with Gasteiger partial charge in [-0.1, -0.05) is 32.9 Å². The molecule has 9 heteroatoms. The van der Waals surface area contributed by atoms with E-state index >= 15 is 0 Å². The lowest BCUT2D eigenvalue weighted by molar-refractivity contribution is -0.147. The maximum Gasteiger partial charge on any atom is 0.311 e. The van der Waals surface area contributed by atoms with E-state index in [1.165, 1.54) is 11.9 Å². The van der Waals surface area contributed by atoms with Crippen LogP contribution >= 0.6 is 0 Å². The van der Waals surface area contributed by atoms with Gasteiger partial charge in [-0.15, -0.1) is 0 Å². The number of carbonyl (C=O) groups is 5. The van der Waals surface area contributed by atoms with E-state index in [0.29, 0.717) is 24.6 Å². The number of rotatable bonds is 7. The first kappa shape index (κ1) is 26.4. The van der Waals surface area contributed by atoms with Crippen molar-refractivity contribution in [3.8, 4) is 0 Å². The highest BCUT2D eigenvalue weighted by molar-refractivity contribution is 6.35. The molecule has 35 heavy (non-hydrogen) atoms. The number of piperidine rings is 1. The fourth-order valence-electron chi connectivity index (χ4n) is 5.00. The maximum absolute atomic E-state index is 13.0. The van der Waals surface area contributed by atoms with E-state index in [-0.39, 0.29) is 43.2 Å². The fourth-order valence-corrected chi connectivity index (χ4v) is 5.00. The van der Waals surface area contributed by atoms with Crippen molar-refractivity contribution in [1.29, 1.82) is 0 Å². The Hall–Kier alpha value is -3.23. The minimum absolute atomic E-state index is 0.103. The lowest BCUT2D eigenvalue weighted by Crippen LogP contribution is -2.47. The number of nitrogens with one attached hydrogen (secondary N) is 2. The molecule has 190 valence electrons. The molecule has 2 N–H and O–H groups in total. The van der Waals surface area contributed by atoms with Crippen LogP contribution in [0.3, 0.4) is 0 Å². The quantitative estimate of drug-likeness (QED) is 0.451. The first-order valence-electron chi connectivity index (χ1n) is 12.2. The summed E-state index contributed by atoms with van der Waals surface area (Å²) in [6.45, 7) is 8.04. The highest BCUT2D eigenvalue weighted by atomic mass is 16.2. The predicted octanol–water partition coefficient (Wildman–Crippen LogP) is 1.64. The topological polar surface area (TPSA) is 116 Å². The molecule has 0 aromatic heterocycles. The Morgan fingerprint density at radius 2 is 1.86 bits per heavy atom. The van der Waals surface area contributed by atoms with E-state index in [1.54, 1.807) is 23.1 Å². The summed E-state index contributed by atoms with van der Waals surface area (Å²) in [6.07, 6.45) is 2.88. The SMILES string of the molecule is CNC(=O)C(CCC=O)N1Cc2c(CNC(=O)C(=O)N3CCC(C(C)(C)C)CC3)cccc2C1=O. The Balaban J connectivity index is 1.64. The van der Waals surface area contributed by atoms with Crippen molar-refractivity contribution in [2.75, 3.05) is 20.1 Å². The minimum Gasteiger partial charge on any atom is -0.357 e. The highest BCUT2D eigenvalue weighted by Gasteiger charge is 2.37. The fraction of sp³-hybridized carbons (Fsp3) is 0.577. The first-order valence-corrected chi connectivity index (χ1v) is 12.2. The average Bonchev–Trinajstić information content (AvgIpc) is 3.18. The summed E-state index contributed by atoms with van der Waals surface area (Å²) < 4.78 is 0. The largest absolute Gasteiger partial charge is 0.357 e. The molecule has 1 unspecified atom stereocenters. The molecule has 0 aliphatic carbocycles. The molecule has 9 nitrogen and oxygen atoms in total. The van der Waals surface area contributed by atoms with Gasteiger partial charge in [0.15, 0.2) is 0 Å². The Morgan fingerprint density at radius 1 is 1.17 bits per heavy atom. The second-order valence-corrected chi connectivity index (χ2v) is 10.4. The molecule has 1 saturated heterocycles. The number of nitrogens with zero attached hydrogens (tertiary/aromatic N) is 2. The molecular weight excluding hydrogens is 448 g/mol. The van der Waals surface area contributed by atoms with Gasteiger partial charge >= 0.3 is 11.8 Å². The Kier molecular flexibility index (Phi) is 8.30. The molecule has 4 amide bonds. The van der Waals surface area contributed by atoms with Crippen molar-refractivity contribution in [1.82, 2.24) is 20.4 Å². The van der Waals surface area contributed by atoms with E-state index in [0.717, 1.165) is 30.3 Å². The van der Waals surface area contributed by atoms with Gasteiger partial charge in [-0.3, -0.25) is 19.2 Å². The van der Waals surface area contributed by atoms with Crippen LogP contribution in [-0.2, 0) is 32.3 Å². The maximum atomic E-state index is 13.0. The Labute approximate surface area is 206 Å². The number of fused-ring (bicyclic) bond motifs is 1. The van der Waals surface area contributed by atoms with Crippen molar-refractivity contribution in [3.05, 3.63) is 34.9 Å². The molecule has 3 rings (SSSR count). The number of hydrogen-bond donors (Lipinski definition) is 2. The normalized spacial score (nSPS) is 17.1. The third kappa shape index (κ3) is 5.89. The number of likely N-dealkylation sites (N-methyl/N-ethyl adjacent to an activating group) is 1. The molecule has 1 atom stereocenters. The molecule has 0 saturated carbocycles. The van der Waals surface area contributed by atoms with Crippen molar-refractivity contribution in [2.45, 2.75) is 65.6 Å². The lowest BCUT2D eigenvalue weighted by atomic mass is 9.75. The second-order valence-electron chi connectivity index (χ2n) is 10.4. The zero-order chi connectivity index (χ0) is 25.8. The summed E-state index contributed by atoms with van der Waals surface area (Å²) in [5, 5.41) is 5.27. The summed E-state index contributed by atoms with van der Waals surface area (Å²) in [6, 6.07) is 4.45. The molecule has 0 bridgehead atoms. The number of amides is 4. The third-order valence-electron chi connectivity index (χ3n) is 7.22. The van der Waals surface area contributed by atoms with Gasteiger partial charge in [-0.2, -0.15) is 0 Å². The molecule has 1 aromatic carbocycles. The van der Waals surface area contributed by atoms with Crippen LogP contribution in [0.25, 0.3) is 0 Å². The van der Waals surface area contributed by atoms with Gasteiger partial charge in [-0.25, -0.2) is 0 Å². The zero-order valence-electron chi connectivity index (χ0n) is 21.1. The van der Waals surface area contributed by atoms with Crippen LogP contribution in [0.15, 0.2) is 18.2 Å². The predicted molar refractivity (Wildman–Crippen MR) is 130 cm³/mol. The summed E-state index contributed by atoms with van der Waals surface area (Å²) in [5.41, 5.74) is 2.08. The molecule has 1 aromatic rings. The van der Waals surface area contributed by atoms with E-state index in [2.05, 4.69) is 31.4 Å². The third-order valence-corrected chi connectivity index (χ3v) is 7.22. The average molecular weight is 485 g/mol. The van der Waals surface area contributed by atoms with E-state index in [9.17, 15) is 24.0 Å². The monoisotopic (exact) mass is 484 g/mol. The molecule has 1 fully saturated rings. The number of aldehydes is 1. The van der Waals surface area contributed by atoms with Gasteiger partial charge in [0.25, 0.3) is 5.91 Å².